The average Bonchev–Trinajstić information content (AvgIpc) is 3.30. The van der Waals surface area contributed by atoms with Crippen LogP contribution in [0.25, 0.3) is 0 Å². The molecule has 2 amide bonds. The van der Waals surface area contributed by atoms with E-state index in [0.717, 1.165) is 36.8 Å². The third kappa shape index (κ3) is 6.87. The minimum atomic E-state index is -0.298. The number of rotatable bonds is 12. The number of nitrogens with zero attached hydrogens (tertiary/aromatic N) is 2. The number of fused-ring (bicyclic) bond motifs is 1. The van der Waals surface area contributed by atoms with E-state index >= 15 is 0 Å². The Morgan fingerprint density at radius 2 is 1.91 bits per heavy atom. The number of benzene rings is 1. The van der Waals surface area contributed by atoms with Gasteiger partial charge in [0.05, 0.1) is 19.2 Å². The fraction of sp³-hybridized carbons (Fsp3) is 0.538. The molecule has 33 heavy (non-hydrogen) atoms. The second kappa shape index (κ2) is 12.8. The summed E-state index contributed by atoms with van der Waals surface area (Å²) in [5.74, 6) is -0.381. The Bertz CT molecular complexity index is 899. The highest BCUT2D eigenvalue weighted by Gasteiger charge is 2.33. The lowest BCUT2D eigenvalue weighted by atomic mass is 9.93. The van der Waals surface area contributed by atoms with Gasteiger partial charge in [0.15, 0.2) is 0 Å². The number of ether oxygens (including phenoxy) is 1. The standard InChI is InChI=1S/C26H35FN2O3S/c1-3-4-5-6-7-8-24(30)28(16-17-32-2)19-25(31)29-15-13-23-22(14-18-33-23)26(29)20-9-11-21(27)12-10-20/h9-12,14,18,26H,3-8,13,15-17,19H2,1-2H3. The molecule has 0 N–H and O–H groups in total. The van der Waals surface area contributed by atoms with E-state index in [1.807, 2.05) is 10.3 Å². The largest absolute Gasteiger partial charge is 0.383 e. The van der Waals surface area contributed by atoms with Crippen molar-refractivity contribution < 1.29 is 18.7 Å². The maximum Gasteiger partial charge on any atom is 0.242 e. The smallest absolute Gasteiger partial charge is 0.242 e. The van der Waals surface area contributed by atoms with Gasteiger partial charge >= 0.3 is 0 Å². The fourth-order valence-corrected chi connectivity index (χ4v) is 5.28. The SMILES string of the molecule is CCCCCCCC(=O)N(CCOC)CC(=O)N1CCc2sccc2C1c1ccc(F)cc1. The highest BCUT2D eigenvalue weighted by molar-refractivity contribution is 7.10. The number of carbonyl (C=O) groups is 2. The zero-order valence-corrected chi connectivity index (χ0v) is 20.5. The number of methoxy groups -OCH3 is 1. The van der Waals surface area contributed by atoms with Crippen LogP contribution in [0, 0.1) is 5.82 Å². The van der Waals surface area contributed by atoms with Gasteiger partial charge in [0.1, 0.15) is 5.82 Å². The molecule has 1 aromatic heterocycles. The molecular weight excluding hydrogens is 439 g/mol. The highest BCUT2D eigenvalue weighted by Crippen LogP contribution is 2.37. The first-order valence-corrected chi connectivity index (χ1v) is 12.8. The predicted molar refractivity (Wildman–Crippen MR) is 130 cm³/mol. The molecule has 3 rings (SSSR count). The van der Waals surface area contributed by atoms with Gasteiger partial charge in [-0.2, -0.15) is 0 Å². The van der Waals surface area contributed by atoms with Crippen LogP contribution in [-0.2, 0) is 20.7 Å². The Balaban J connectivity index is 1.72. The summed E-state index contributed by atoms with van der Waals surface area (Å²) < 4.78 is 18.8. The minimum absolute atomic E-state index is 0.00321. The summed E-state index contributed by atoms with van der Waals surface area (Å²) in [6.07, 6.45) is 6.61. The molecule has 0 spiro atoms. The molecule has 0 bridgehead atoms. The summed E-state index contributed by atoms with van der Waals surface area (Å²) in [5, 5.41) is 2.04. The number of hydrogen-bond donors (Lipinski definition) is 0. The van der Waals surface area contributed by atoms with Crippen molar-refractivity contribution in [3.8, 4) is 0 Å². The molecule has 0 saturated heterocycles. The number of halogens is 1. The number of hydrogen-bond acceptors (Lipinski definition) is 4. The maximum absolute atomic E-state index is 13.6. The minimum Gasteiger partial charge on any atom is -0.383 e. The van der Waals surface area contributed by atoms with Gasteiger partial charge in [-0.05, 0) is 47.5 Å². The zero-order valence-electron chi connectivity index (χ0n) is 19.7. The van der Waals surface area contributed by atoms with Crippen LogP contribution >= 0.6 is 11.3 Å². The number of unbranched alkanes of at least 4 members (excludes halogenated alkanes) is 4. The molecule has 0 aliphatic carbocycles. The van der Waals surface area contributed by atoms with Crippen LogP contribution in [-0.4, -0.2) is 55.0 Å². The molecule has 0 saturated carbocycles. The number of thiophene rings is 1. The summed E-state index contributed by atoms with van der Waals surface area (Å²) in [5.41, 5.74) is 1.98. The molecule has 1 unspecified atom stereocenters. The molecule has 7 heteroatoms. The van der Waals surface area contributed by atoms with E-state index in [0.29, 0.717) is 26.1 Å². The second-order valence-corrected chi connectivity index (χ2v) is 9.56. The van der Waals surface area contributed by atoms with Gasteiger partial charge in [-0.1, -0.05) is 44.7 Å². The Kier molecular flexibility index (Phi) is 9.88. The Morgan fingerprint density at radius 3 is 2.64 bits per heavy atom. The van der Waals surface area contributed by atoms with Gasteiger partial charge in [0, 0.05) is 31.5 Å². The zero-order chi connectivity index (χ0) is 23.6. The van der Waals surface area contributed by atoms with Crippen LogP contribution in [0.2, 0.25) is 0 Å². The third-order valence-electron chi connectivity index (χ3n) is 6.21. The van der Waals surface area contributed by atoms with E-state index in [9.17, 15) is 14.0 Å². The fourth-order valence-electron chi connectivity index (χ4n) is 4.38. The van der Waals surface area contributed by atoms with Crippen LogP contribution in [0.15, 0.2) is 35.7 Å². The first kappa shape index (κ1) is 25.4. The lowest BCUT2D eigenvalue weighted by Crippen LogP contribution is -2.47. The molecule has 5 nitrogen and oxygen atoms in total. The van der Waals surface area contributed by atoms with Crippen molar-refractivity contribution >= 4 is 23.2 Å². The summed E-state index contributed by atoms with van der Waals surface area (Å²) in [4.78, 5) is 31.1. The topological polar surface area (TPSA) is 49.9 Å². The Labute approximate surface area is 200 Å². The molecule has 180 valence electrons. The molecule has 1 atom stereocenters. The molecule has 0 radical (unpaired) electrons. The van der Waals surface area contributed by atoms with Gasteiger partial charge in [-0.15, -0.1) is 11.3 Å². The molecule has 2 heterocycles. The van der Waals surface area contributed by atoms with Crippen molar-refractivity contribution in [1.29, 1.82) is 0 Å². The molecule has 1 aliphatic rings. The van der Waals surface area contributed by atoms with E-state index < -0.39 is 0 Å². The molecule has 0 fully saturated rings. The van der Waals surface area contributed by atoms with E-state index in [1.165, 1.54) is 29.9 Å². The summed E-state index contributed by atoms with van der Waals surface area (Å²) in [6.45, 7) is 3.58. The first-order chi connectivity index (χ1) is 16.0. The number of carbonyl (C=O) groups excluding carboxylic acids is 2. The summed E-state index contributed by atoms with van der Waals surface area (Å²) in [6, 6.07) is 8.16. The van der Waals surface area contributed by atoms with Gasteiger partial charge in [-0.25, -0.2) is 4.39 Å². The lowest BCUT2D eigenvalue weighted by Gasteiger charge is -2.37. The molecular formula is C26H35FN2O3S. The van der Waals surface area contributed by atoms with Crippen LogP contribution < -0.4 is 0 Å². The molecule has 1 aromatic carbocycles. The molecule has 2 aromatic rings. The summed E-state index contributed by atoms with van der Waals surface area (Å²) >= 11 is 1.69. The highest BCUT2D eigenvalue weighted by atomic mass is 32.1. The lowest BCUT2D eigenvalue weighted by molar-refractivity contribution is -0.142. The molecule has 1 aliphatic heterocycles. The van der Waals surface area contributed by atoms with Crippen LogP contribution in [0.5, 0.6) is 0 Å². The average molecular weight is 475 g/mol. The Morgan fingerprint density at radius 1 is 1.15 bits per heavy atom. The van der Waals surface area contributed by atoms with Gasteiger partial charge in [0.2, 0.25) is 11.8 Å². The normalized spacial score (nSPS) is 15.4. The quantitative estimate of drug-likeness (QED) is 0.398. The Hall–Kier alpha value is -2.25. The predicted octanol–water partition coefficient (Wildman–Crippen LogP) is 5.20. The van der Waals surface area contributed by atoms with E-state index in [1.54, 1.807) is 35.5 Å². The van der Waals surface area contributed by atoms with Gasteiger partial charge in [-0.3, -0.25) is 9.59 Å². The van der Waals surface area contributed by atoms with Crippen molar-refractivity contribution in [2.24, 2.45) is 0 Å². The van der Waals surface area contributed by atoms with Crippen molar-refractivity contribution in [3.63, 3.8) is 0 Å². The first-order valence-electron chi connectivity index (χ1n) is 11.9. The van der Waals surface area contributed by atoms with Gasteiger partial charge in [0.25, 0.3) is 0 Å². The van der Waals surface area contributed by atoms with E-state index in [-0.39, 0.29) is 30.2 Å². The number of amides is 2. The summed E-state index contributed by atoms with van der Waals surface area (Å²) in [7, 11) is 1.60. The van der Waals surface area contributed by atoms with Crippen molar-refractivity contribution in [2.75, 3.05) is 33.4 Å². The van der Waals surface area contributed by atoms with Crippen LogP contribution in [0.3, 0.4) is 0 Å². The second-order valence-electron chi connectivity index (χ2n) is 8.56. The maximum atomic E-state index is 13.6. The van der Waals surface area contributed by atoms with E-state index in [2.05, 4.69) is 13.0 Å². The van der Waals surface area contributed by atoms with Crippen LogP contribution in [0.1, 0.15) is 67.5 Å². The van der Waals surface area contributed by atoms with Gasteiger partial charge < -0.3 is 14.5 Å². The van der Waals surface area contributed by atoms with Crippen molar-refractivity contribution in [1.82, 2.24) is 9.80 Å². The third-order valence-corrected chi connectivity index (χ3v) is 7.21. The van der Waals surface area contributed by atoms with E-state index in [4.69, 9.17) is 4.74 Å². The monoisotopic (exact) mass is 474 g/mol. The van der Waals surface area contributed by atoms with Crippen molar-refractivity contribution in [2.45, 2.75) is 57.9 Å². The van der Waals surface area contributed by atoms with Crippen LogP contribution in [0.4, 0.5) is 4.39 Å². The van der Waals surface area contributed by atoms with Crippen molar-refractivity contribution in [3.05, 3.63) is 57.5 Å².